The monoisotopic (exact) mass is 368 g/mol. The predicted octanol–water partition coefficient (Wildman–Crippen LogP) is 1.85. The molecule has 7 nitrogen and oxygen atoms in total. The zero-order chi connectivity index (χ0) is 19.1. The Morgan fingerprint density at radius 3 is 2.70 bits per heavy atom. The van der Waals surface area contributed by atoms with Crippen LogP contribution in [0.15, 0.2) is 42.6 Å². The Morgan fingerprint density at radius 2 is 1.93 bits per heavy atom. The average Bonchev–Trinajstić information content (AvgIpc) is 2.73. The lowest BCUT2D eigenvalue weighted by Gasteiger charge is -2.29. The minimum absolute atomic E-state index is 0.103. The summed E-state index contributed by atoms with van der Waals surface area (Å²) in [6.07, 6.45) is 2.48. The number of hydrogen-bond acceptors (Lipinski definition) is 5. The van der Waals surface area contributed by atoms with Gasteiger partial charge < -0.3 is 20.3 Å². The van der Waals surface area contributed by atoms with Gasteiger partial charge in [0.05, 0.1) is 25.3 Å². The number of pyridine rings is 1. The van der Waals surface area contributed by atoms with Gasteiger partial charge in [0.2, 0.25) is 5.91 Å². The van der Waals surface area contributed by atoms with Gasteiger partial charge in [-0.3, -0.25) is 9.59 Å². The van der Waals surface area contributed by atoms with Gasteiger partial charge in [0.25, 0.3) is 5.91 Å². The molecule has 0 atom stereocenters. The van der Waals surface area contributed by atoms with Crippen LogP contribution in [0.4, 0.5) is 11.5 Å². The molecule has 1 saturated heterocycles. The summed E-state index contributed by atoms with van der Waals surface area (Å²) in [4.78, 5) is 31.2. The fourth-order valence-corrected chi connectivity index (χ4v) is 3.00. The third kappa shape index (κ3) is 4.83. The number of aromatic nitrogens is 1. The van der Waals surface area contributed by atoms with E-state index >= 15 is 0 Å². The molecule has 0 bridgehead atoms. The number of carbonyl (C=O) groups excluding carboxylic acids is 2. The lowest BCUT2D eigenvalue weighted by molar-refractivity contribution is -0.115. The molecule has 1 aliphatic heterocycles. The van der Waals surface area contributed by atoms with Crippen LogP contribution in [0.5, 0.6) is 0 Å². The van der Waals surface area contributed by atoms with Gasteiger partial charge in [0.1, 0.15) is 5.82 Å². The molecule has 0 aliphatic carbocycles. The number of carbonyl (C=O) groups is 2. The Balaban J connectivity index is 1.61. The van der Waals surface area contributed by atoms with Crippen molar-refractivity contribution in [2.75, 3.05) is 43.1 Å². The summed E-state index contributed by atoms with van der Waals surface area (Å²) in [5, 5.41) is 5.54. The lowest BCUT2D eigenvalue weighted by Crippen LogP contribution is -2.39. The molecule has 2 heterocycles. The van der Waals surface area contributed by atoms with Gasteiger partial charge in [0.15, 0.2) is 0 Å². The molecule has 1 aromatic heterocycles. The molecule has 27 heavy (non-hydrogen) atoms. The minimum Gasteiger partial charge on any atom is -0.378 e. The van der Waals surface area contributed by atoms with E-state index in [9.17, 15) is 9.59 Å². The number of hydrogen-bond donors (Lipinski definition) is 2. The van der Waals surface area contributed by atoms with Gasteiger partial charge in [-0.25, -0.2) is 4.98 Å². The van der Waals surface area contributed by atoms with E-state index in [4.69, 9.17) is 4.74 Å². The molecule has 2 amide bonds. The van der Waals surface area contributed by atoms with Crippen molar-refractivity contribution in [3.05, 3.63) is 53.7 Å². The first-order chi connectivity index (χ1) is 13.2. The molecule has 0 unspecified atom stereocenters. The molecule has 142 valence electrons. The zero-order valence-electron chi connectivity index (χ0n) is 15.4. The summed E-state index contributed by atoms with van der Waals surface area (Å²) >= 11 is 0. The van der Waals surface area contributed by atoms with Crippen molar-refractivity contribution in [3.8, 4) is 0 Å². The van der Waals surface area contributed by atoms with Crippen molar-refractivity contribution in [3.63, 3.8) is 0 Å². The first-order valence-corrected chi connectivity index (χ1v) is 9.12. The second-order valence-electron chi connectivity index (χ2n) is 6.22. The summed E-state index contributed by atoms with van der Waals surface area (Å²) in [6, 6.07) is 11.1. The average molecular weight is 368 g/mol. The van der Waals surface area contributed by atoms with Crippen LogP contribution in [-0.4, -0.2) is 49.6 Å². The molecule has 3 rings (SSSR count). The second kappa shape index (κ2) is 9.14. The Labute approximate surface area is 158 Å². The van der Waals surface area contributed by atoms with Crippen LogP contribution >= 0.6 is 0 Å². The number of para-hydroxylation sites is 1. The molecule has 0 radical (unpaired) electrons. The number of benzene rings is 1. The normalized spacial score (nSPS) is 13.9. The van der Waals surface area contributed by atoms with Crippen LogP contribution in [0.25, 0.3) is 0 Å². The largest absolute Gasteiger partial charge is 0.378 e. The molecule has 2 aromatic rings. The summed E-state index contributed by atoms with van der Waals surface area (Å²) in [5.74, 6) is 0.0413. The molecule has 1 fully saturated rings. The van der Waals surface area contributed by atoms with Crippen LogP contribution in [0.3, 0.4) is 0 Å². The first kappa shape index (κ1) is 18.8. The highest BCUT2D eigenvalue weighted by Crippen LogP contribution is 2.18. The Bertz CT molecular complexity index is 803. The van der Waals surface area contributed by atoms with Gasteiger partial charge in [0, 0.05) is 25.0 Å². The number of aryl methyl sites for hydroxylation is 1. The van der Waals surface area contributed by atoms with Crippen molar-refractivity contribution in [2.24, 2.45) is 0 Å². The van der Waals surface area contributed by atoms with E-state index < -0.39 is 0 Å². The molecule has 7 heteroatoms. The Kier molecular flexibility index (Phi) is 6.38. The summed E-state index contributed by atoms with van der Waals surface area (Å²) < 4.78 is 5.35. The Hall–Kier alpha value is -2.93. The zero-order valence-corrected chi connectivity index (χ0v) is 15.4. The van der Waals surface area contributed by atoms with E-state index in [2.05, 4.69) is 15.6 Å². The first-order valence-electron chi connectivity index (χ1n) is 9.12. The molecule has 2 N–H and O–H groups in total. The maximum absolute atomic E-state index is 12.6. The topological polar surface area (TPSA) is 83.6 Å². The van der Waals surface area contributed by atoms with Crippen molar-refractivity contribution in [2.45, 2.75) is 13.3 Å². The second-order valence-corrected chi connectivity index (χ2v) is 6.22. The third-order valence-electron chi connectivity index (χ3n) is 4.42. The number of anilines is 2. The smallest absolute Gasteiger partial charge is 0.255 e. The van der Waals surface area contributed by atoms with Gasteiger partial charge in [-0.2, -0.15) is 0 Å². The minimum atomic E-state index is -0.316. The summed E-state index contributed by atoms with van der Waals surface area (Å²) in [7, 11) is 0. The molecule has 1 aliphatic rings. The number of ether oxygens (including phenoxy) is 1. The van der Waals surface area contributed by atoms with Crippen LogP contribution in [0, 0.1) is 0 Å². The lowest BCUT2D eigenvalue weighted by atomic mass is 10.1. The number of nitrogens with zero attached hydrogens (tertiary/aromatic N) is 2. The molecule has 1 aromatic carbocycles. The fourth-order valence-electron chi connectivity index (χ4n) is 3.00. The van der Waals surface area contributed by atoms with Crippen LogP contribution in [0.2, 0.25) is 0 Å². The SMILES string of the molecule is CCc1ccccc1NC(=O)CNC(=O)c1cccnc1N1CCOCC1. The van der Waals surface area contributed by atoms with Gasteiger partial charge >= 0.3 is 0 Å². The van der Waals surface area contributed by atoms with Gasteiger partial charge in [-0.1, -0.05) is 25.1 Å². The summed E-state index contributed by atoms with van der Waals surface area (Å²) in [6.45, 7) is 4.52. The van der Waals surface area contributed by atoms with E-state index in [0.29, 0.717) is 37.7 Å². The van der Waals surface area contributed by atoms with E-state index in [1.807, 2.05) is 36.1 Å². The quantitative estimate of drug-likeness (QED) is 0.813. The van der Waals surface area contributed by atoms with Crippen molar-refractivity contribution >= 4 is 23.3 Å². The van der Waals surface area contributed by atoms with Crippen LogP contribution in [-0.2, 0) is 16.0 Å². The van der Waals surface area contributed by atoms with Crippen molar-refractivity contribution in [1.82, 2.24) is 10.3 Å². The van der Waals surface area contributed by atoms with Gasteiger partial charge in [-0.15, -0.1) is 0 Å². The van der Waals surface area contributed by atoms with E-state index in [-0.39, 0.29) is 18.4 Å². The van der Waals surface area contributed by atoms with Crippen molar-refractivity contribution < 1.29 is 14.3 Å². The Morgan fingerprint density at radius 1 is 1.15 bits per heavy atom. The highest BCUT2D eigenvalue weighted by Gasteiger charge is 2.20. The molecular formula is C20H24N4O3. The highest BCUT2D eigenvalue weighted by atomic mass is 16.5. The predicted molar refractivity (Wildman–Crippen MR) is 104 cm³/mol. The van der Waals surface area contributed by atoms with E-state index in [1.165, 1.54) is 0 Å². The maximum Gasteiger partial charge on any atom is 0.255 e. The summed E-state index contributed by atoms with van der Waals surface area (Å²) in [5.41, 5.74) is 2.29. The molecule has 0 spiro atoms. The molecular weight excluding hydrogens is 344 g/mol. The number of morpholine rings is 1. The maximum atomic E-state index is 12.6. The van der Waals surface area contributed by atoms with Gasteiger partial charge in [-0.05, 0) is 30.2 Å². The van der Waals surface area contributed by atoms with Crippen LogP contribution < -0.4 is 15.5 Å². The van der Waals surface area contributed by atoms with Crippen molar-refractivity contribution in [1.29, 1.82) is 0 Å². The number of amides is 2. The van der Waals surface area contributed by atoms with E-state index in [0.717, 1.165) is 17.7 Å². The highest BCUT2D eigenvalue weighted by molar-refractivity contribution is 6.02. The fraction of sp³-hybridized carbons (Fsp3) is 0.350. The third-order valence-corrected chi connectivity index (χ3v) is 4.42. The van der Waals surface area contributed by atoms with Crippen LogP contribution in [0.1, 0.15) is 22.8 Å². The van der Waals surface area contributed by atoms with E-state index in [1.54, 1.807) is 18.3 Å². The molecule has 0 saturated carbocycles. The standard InChI is InChI=1S/C20H24N4O3/c1-2-15-6-3-4-8-17(15)23-18(25)14-22-20(26)16-7-5-9-21-19(16)24-10-12-27-13-11-24/h3-9H,2,10-14H2,1H3,(H,22,26)(H,23,25). The number of rotatable bonds is 6. The number of nitrogens with one attached hydrogen (secondary N) is 2.